The van der Waals surface area contributed by atoms with Crippen molar-refractivity contribution in [3.63, 3.8) is 0 Å². The van der Waals surface area contributed by atoms with Crippen LogP contribution in [0.1, 0.15) is 18.4 Å². The molecule has 0 saturated carbocycles. The van der Waals surface area contributed by atoms with Crippen LogP contribution in [0.3, 0.4) is 0 Å². The van der Waals surface area contributed by atoms with Crippen molar-refractivity contribution in [1.29, 1.82) is 0 Å². The van der Waals surface area contributed by atoms with Gasteiger partial charge in [-0.15, -0.1) is 5.54 Å². The zero-order valence-electron chi connectivity index (χ0n) is 12.9. The van der Waals surface area contributed by atoms with Gasteiger partial charge in [-0.05, 0) is 32.5 Å². The first-order valence-corrected chi connectivity index (χ1v) is 10.8. The molecule has 0 aliphatic carbocycles. The largest absolute Gasteiger partial charge is 0.490 e. The second-order valence-electron chi connectivity index (χ2n) is 6.50. The fraction of sp³-hybridized carbons (Fsp3) is 0.562. The van der Waals surface area contributed by atoms with Crippen molar-refractivity contribution in [3.8, 4) is 17.2 Å². The summed E-state index contributed by atoms with van der Waals surface area (Å²) in [6.45, 7) is 8.63. The van der Waals surface area contributed by atoms with E-state index < -0.39 is 8.07 Å². The molecule has 0 N–H and O–H groups in total. The molecule has 2 heterocycles. The van der Waals surface area contributed by atoms with Gasteiger partial charge in [0.05, 0.1) is 6.20 Å². The summed E-state index contributed by atoms with van der Waals surface area (Å²) in [5.74, 6) is 4.05. The zero-order chi connectivity index (χ0) is 14.6. The Morgan fingerprint density at radius 2 is 2.20 bits per heavy atom. The van der Waals surface area contributed by atoms with Crippen molar-refractivity contribution in [1.82, 2.24) is 9.88 Å². The van der Waals surface area contributed by atoms with Gasteiger partial charge in [0.15, 0.2) is 0 Å². The lowest BCUT2D eigenvalue weighted by atomic mass is 10.2. The topological polar surface area (TPSA) is 25.4 Å². The SMILES string of the molecule is CN1CCC[C@H]1COc1cncc(C#C[Si](C)(C)C)c1. The average Bonchev–Trinajstić information content (AvgIpc) is 2.79. The molecule has 1 aromatic rings. The molecule has 1 aliphatic rings. The van der Waals surface area contributed by atoms with Gasteiger partial charge in [0.2, 0.25) is 0 Å². The Bertz CT molecular complexity index is 513. The minimum absolute atomic E-state index is 0.534. The van der Waals surface area contributed by atoms with Crippen LogP contribution in [0.15, 0.2) is 18.5 Å². The van der Waals surface area contributed by atoms with Gasteiger partial charge >= 0.3 is 0 Å². The Kier molecular flexibility index (Phi) is 4.85. The number of hydrogen-bond donors (Lipinski definition) is 0. The predicted octanol–water partition coefficient (Wildman–Crippen LogP) is 2.78. The summed E-state index contributed by atoms with van der Waals surface area (Å²) in [6, 6.07) is 2.53. The molecule has 0 aromatic carbocycles. The van der Waals surface area contributed by atoms with Gasteiger partial charge in [-0.2, -0.15) is 0 Å². The minimum atomic E-state index is -1.34. The molecule has 0 radical (unpaired) electrons. The van der Waals surface area contributed by atoms with Crippen molar-refractivity contribution in [3.05, 3.63) is 24.0 Å². The maximum absolute atomic E-state index is 5.87. The Labute approximate surface area is 123 Å². The van der Waals surface area contributed by atoms with E-state index in [9.17, 15) is 0 Å². The maximum atomic E-state index is 5.87. The number of ether oxygens (including phenoxy) is 1. The summed E-state index contributed by atoms with van der Waals surface area (Å²) in [4.78, 5) is 6.59. The van der Waals surface area contributed by atoms with Crippen LogP contribution in [0, 0.1) is 11.5 Å². The van der Waals surface area contributed by atoms with Crippen LogP contribution in [0.5, 0.6) is 5.75 Å². The fourth-order valence-corrected chi connectivity index (χ4v) is 2.73. The summed E-state index contributed by atoms with van der Waals surface area (Å²) in [6.07, 6.45) is 6.07. The molecule has 4 heteroatoms. The second-order valence-corrected chi connectivity index (χ2v) is 11.2. The summed E-state index contributed by atoms with van der Waals surface area (Å²) < 4.78 is 5.87. The standard InChI is InChI=1S/C16H24N2OSi/c1-18-8-5-6-15(18)13-19-16-10-14(11-17-12-16)7-9-20(2,3)4/h10-12,15H,5-6,8,13H2,1-4H3/t15-/m0/s1. The second kappa shape index (κ2) is 6.42. The summed E-state index contributed by atoms with van der Waals surface area (Å²) in [5.41, 5.74) is 4.30. The van der Waals surface area contributed by atoms with Gasteiger partial charge < -0.3 is 9.64 Å². The molecule has 20 heavy (non-hydrogen) atoms. The fourth-order valence-electron chi connectivity index (χ4n) is 2.21. The Hall–Kier alpha value is -1.31. The number of aromatic nitrogens is 1. The molecule has 1 aromatic heterocycles. The van der Waals surface area contributed by atoms with Crippen LogP contribution in [0.2, 0.25) is 19.6 Å². The number of likely N-dealkylation sites (tertiary alicyclic amines) is 1. The Morgan fingerprint density at radius 3 is 2.85 bits per heavy atom. The lowest BCUT2D eigenvalue weighted by molar-refractivity contribution is 0.198. The van der Waals surface area contributed by atoms with Gasteiger partial charge in [0, 0.05) is 17.8 Å². The molecular formula is C16H24N2OSi. The first-order valence-electron chi connectivity index (χ1n) is 7.25. The van der Waals surface area contributed by atoms with Gasteiger partial charge in [-0.1, -0.05) is 25.6 Å². The molecule has 1 aliphatic heterocycles. The first-order chi connectivity index (χ1) is 9.44. The van der Waals surface area contributed by atoms with E-state index in [-0.39, 0.29) is 0 Å². The lowest BCUT2D eigenvalue weighted by Crippen LogP contribution is -2.30. The third kappa shape index (κ3) is 4.66. The number of likely N-dealkylation sites (N-methyl/N-ethyl adjacent to an activating group) is 1. The molecule has 108 valence electrons. The number of pyridine rings is 1. The normalized spacial score (nSPS) is 19.5. The van der Waals surface area contributed by atoms with Crippen LogP contribution in [-0.2, 0) is 0 Å². The molecule has 0 bridgehead atoms. The number of rotatable bonds is 3. The van der Waals surface area contributed by atoms with Gasteiger partial charge in [0.1, 0.15) is 20.4 Å². The van der Waals surface area contributed by atoms with Crippen LogP contribution >= 0.6 is 0 Å². The van der Waals surface area contributed by atoms with Gasteiger partial charge in [-0.25, -0.2) is 0 Å². The smallest absolute Gasteiger partial charge is 0.138 e. The summed E-state index contributed by atoms with van der Waals surface area (Å²) in [5, 5.41) is 0. The highest BCUT2D eigenvalue weighted by molar-refractivity contribution is 6.83. The number of hydrogen-bond acceptors (Lipinski definition) is 3. The van der Waals surface area contributed by atoms with E-state index in [0.717, 1.165) is 17.9 Å². The molecule has 1 saturated heterocycles. The number of nitrogens with zero attached hydrogens (tertiary/aromatic N) is 2. The molecule has 0 unspecified atom stereocenters. The Balaban J connectivity index is 1.97. The van der Waals surface area contributed by atoms with Crippen LogP contribution in [0.4, 0.5) is 0 Å². The summed E-state index contributed by atoms with van der Waals surface area (Å²) >= 11 is 0. The first kappa shape index (κ1) is 15.1. The third-order valence-corrected chi connectivity index (χ3v) is 4.28. The highest BCUT2D eigenvalue weighted by atomic mass is 28.3. The van der Waals surface area contributed by atoms with E-state index in [2.05, 4.69) is 48.0 Å². The van der Waals surface area contributed by atoms with E-state index in [1.807, 2.05) is 12.3 Å². The van der Waals surface area contributed by atoms with Gasteiger partial charge in [-0.3, -0.25) is 4.98 Å². The highest BCUT2D eigenvalue weighted by Gasteiger charge is 2.21. The molecule has 0 spiro atoms. The monoisotopic (exact) mass is 288 g/mol. The zero-order valence-corrected chi connectivity index (χ0v) is 13.9. The minimum Gasteiger partial charge on any atom is -0.490 e. The predicted molar refractivity (Wildman–Crippen MR) is 85.6 cm³/mol. The van der Waals surface area contributed by atoms with Crippen molar-refractivity contribution >= 4 is 8.07 Å². The third-order valence-electron chi connectivity index (χ3n) is 3.41. The van der Waals surface area contributed by atoms with E-state index in [4.69, 9.17) is 4.74 Å². The van der Waals surface area contributed by atoms with E-state index >= 15 is 0 Å². The maximum Gasteiger partial charge on any atom is 0.138 e. The van der Waals surface area contributed by atoms with E-state index in [1.165, 1.54) is 19.4 Å². The molecule has 0 amide bonds. The molecule has 3 nitrogen and oxygen atoms in total. The van der Waals surface area contributed by atoms with Gasteiger partial charge in [0.25, 0.3) is 0 Å². The lowest BCUT2D eigenvalue weighted by Gasteiger charge is -2.19. The quantitative estimate of drug-likeness (QED) is 0.632. The highest BCUT2D eigenvalue weighted by Crippen LogP contribution is 2.17. The summed E-state index contributed by atoms with van der Waals surface area (Å²) in [7, 11) is 0.819. The van der Waals surface area contributed by atoms with Crippen molar-refractivity contribution in [2.24, 2.45) is 0 Å². The molecule has 1 fully saturated rings. The van der Waals surface area contributed by atoms with Crippen molar-refractivity contribution in [2.75, 3.05) is 20.2 Å². The van der Waals surface area contributed by atoms with E-state index in [1.54, 1.807) is 6.20 Å². The molecule has 2 rings (SSSR count). The van der Waals surface area contributed by atoms with E-state index in [0.29, 0.717) is 6.04 Å². The van der Waals surface area contributed by atoms with Crippen LogP contribution in [0.25, 0.3) is 0 Å². The molecular weight excluding hydrogens is 264 g/mol. The molecule has 1 atom stereocenters. The average molecular weight is 288 g/mol. The van der Waals surface area contributed by atoms with Crippen molar-refractivity contribution in [2.45, 2.75) is 38.5 Å². The van der Waals surface area contributed by atoms with Crippen LogP contribution in [-0.4, -0.2) is 44.2 Å². The van der Waals surface area contributed by atoms with Crippen molar-refractivity contribution < 1.29 is 4.74 Å². The van der Waals surface area contributed by atoms with Crippen LogP contribution < -0.4 is 4.74 Å². The Morgan fingerprint density at radius 1 is 1.40 bits per heavy atom.